The predicted molar refractivity (Wildman–Crippen MR) is 60.6 cm³/mol. The van der Waals surface area contributed by atoms with E-state index in [0.717, 1.165) is 5.76 Å². The van der Waals surface area contributed by atoms with E-state index in [2.05, 4.69) is 10.6 Å². The van der Waals surface area contributed by atoms with Crippen LogP contribution >= 0.6 is 0 Å². The van der Waals surface area contributed by atoms with E-state index in [1.807, 2.05) is 13.0 Å². The number of carboxylic acids is 1. The Kier molecular flexibility index (Phi) is 4.56. The highest BCUT2D eigenvalue weighted by Gasteiger charge is 2.15. The fraction of sp³-hybridized carbons (Fsp3) is 0.455. The lowest BCUT2D eigenvalue weighted by Crippen LogP contribution is -2.47. The lowest BCUT2D eigenvalue weighted by Gasteiger charge is -2.15. The molecule has 0 aliphatic rings. The Morgan fingerprint density at radius 1 is 1.41 bits per heavy atom. The summed E-state index contributed by atoms with van der Waals surface area (Å²) in [5.74, 6) is -0.303. The van der Waals surface area contributed by atoms with Gasteiger partial charge in [-0.05, 0) is 26.0 Å². The molecule has 0 aliphatic heterocycles. The highest BCUT2D eigenvalue weighted by atomic mass is 16.4. The van der Waals surface area contributed by atoms with Crippen molar-refractivity contribution < 1.29 is 19.1 Å². The van der Waals surface area contributed by atoms with Gasteiger partial charge in [-0.3, -0.25) is 4.79 Å². The van der Waals surface area contributed by atoms with Crippen LogP contribution in [-0.4, -0.2) is 29.2 Å². The molecule has 0 radical (unpaired) electrons. The van der Waals surface area contributed by atoms with Gasteiger partial charge in [0.25, 0.3) is 0 Å². The third-order valence-corrected chi connectivity index (χ3v) is 2.18. The highest BCUT2D eigenvalue weighted by molar-refractivity contribution is 5.82. The second-order valence-electron chi connectivity index (χ2n) is 3.86. The summed E-state index contributed by atoms with van der Waals surface area (Å²) in [5, 5.41) is 13.6. The van der Waals surface area contributed by atoms with E-state index in [0.29, 0.717) is 6.42 Å². The van der Waals surface area contributed by atoms with Crippen molar-refractivity contribution in [2.24, 2.45) is 0 Å². The van der Waals surface area contributed by atoms with E-state index >= 15 is 0 Å². The van der Waals surface area contributed by atoms with Crippen molar-refractivity contribution in [2.45, 2.75) is 32.4 Å². The van der Waals surface area contributed by atoms with E-state index in [1.54, 1.807) is 12.3 Å². The van der Waals surface area contributed by atoms with Gasteiger partial charge in [-0.25, -0.2) is 4.79 Å². The number of nitrogens with one attached hydrogen (secondary N) is 2. The predicted octanol–water partition coefficient (Wildman–Crippen LogP) is 0.983. The molecule has 0 spiro atoms. The molecule has 2 atom stereocenters. The number of urea groups is 1. The molecule has 0 aliphatic carbocycles. The topological polar surface area (TPSA) is 91.6 Å². The van der Waals surface area contributed by atoms with Gasteiger partial charge in [0.05, 0.1) is 6.26 Å². The van der Waals surface area contributed by atoms with Crippen molar-refractivity contribution >= 4 is 12.0 Å². The number of aliphatic carboxylic acids is 1. The summed E-state index contributed by atoms with van der Waals surface area (Å²) in [6.07, 6.45) is 2.12. The van der Waals surface area contributed by atoms with E-state index in [4.69, 9.17) is 9.52 Å². The molecule has 0 fully saturated rings. The molecule has 3 N–H and O–H groups in total. The second kappa shape index (κ2) is 5.93. The molecule has 0 saturated heterocycles. The maximum Gasteiger partial charge on any atom is 0.325 e. The Labute approximate surface area is 99.0 Å². The van der Waals surface area contributed by atoms with Crippen LogP contribution in [0, 0.1) is 0 Å². The van der Waals surface area contributed by atoms with E-state index in [-0.39, 0.29) is 6.04 Å². The largest absolute Gasteiger partial charge is 0.480 e. The zero-order valence-electron chi connectivity index (χ0n) is 9.77. The Bertz CT molecular complexity index is 375. The summed E-state index contributed by atoms with van der Waals surface area (Å²) in [7, 11) is 0. The zero-order valence-corrected chi connectivity index (χ0v) is 9.77. The minimum atomic E-state index is -1.07. The van der Waals surface area contributed by atoms with Gasteiger partial charge in [-0.15, -0.1) is 0 Å². The van der Waals surface area contributed by atoms with Crippen LogP contribution in [0.1, 0.15) is 19.6 Å². The standard InChI is InChI=1S/C11H16N2O4/c1-7(6-9-4-3-5-17-9)12-11(16)13-8(2)10(14)15/h3-5,7-8H,6H2,1-2H3,(H,14,15)(H2,12,13,16)/t7?,8-/m1/s1. The van der Waals surface area contributed by atoms with Crippen LogP contribution in [0.4, 0.5) is 4.79 Å². The van der Waals surface area contributed by atoms with Crippen molar-refractivity contribution in [1.82, 2.24) is 10.6 Å². The van der Waals surface area contributed by atoms with Crippen LogP contribution in [0.15, 0.2) is 22.8 Å². The van der Waals surface area contributed by atoms with E-state index < -0.39 is 18.0 Å². The molecule has 0 saturated carbocycles. The summed E-state index contributed by atoms with van der Waals surface area (Å²) in [6, 6.07) is 2.04. The number of amides is 2. The Hall–Kier alpha value is -1.98. The molecule has 1 heterocycles. The molecule has 94 valence electrons. The molecular weight excluding hydrogens is 224 g/mol. The minimum Gasteiger partial charge on any atom is -0.480 e. The number of carbonyl (C=O) groups excluding carboxylic acids is 1. The first-order valence-electron chi connectivity index (χ1n) is 5.31. The molecule has 17 heavy (non-hydrogen) atoms. The number of hydrogen-bond donors (Lipinski definition) is 3. The summed E-state index contributed by atoms with van der Waals surface area (Å²) in [4.78, 5) is 21.9. The van der Waals surface area contributed by atoms with Crippen molar-refractivity contribution in [1.29, 1.82) is 0 Å². The molecule has 6 nitrogen and oxygen atoms in total. The average Bonchev–Trinajstić information content (AvgIpc) is 2.69. The van der Waals surface area contributed by atoms with Gasteiger partial charge >= 0.3 is 12.0 Å². The van der Waals surface area contributed by atoms with Crippen LogP contribution in [-0.2, 0) is 11.2 Å². The minimum absolute atomic E-state index is 0.137. The van der Waals surface area contributed by atoms with Crippen LogP contribution in [0.2, 0.25) is 0 Å². The fourth-order valence-electron chi connectivity index (χ4n) is 1.31. The van der Waals surface area contributed by atoms with Gasteiger partial charge in [0.1, 0.15) is 11.8 Å². The summed E-state index contributed by atoms with van der Waals surface area (Å²) < 4.78 is 5.14. The Morgan fingerprint density at radius 3 is 2.65 bits per heavy atom. The van der Waals surface area contributed by atoms with Gasteiger partial charge in [0.15, 0.2) is 0 Å². The highest BCUT2D eigenvalue weighted by Crippen LogP contribution is 2.03. The third kappa shape index (κ3) is 4.58. The monoisotopic (exact) mass is 240 g/mol. The number of rotatable bonds is 5. The number of furan rings is 1. The summed E-state index contributed by atoms with van der Waals surface area (Å²) in [6.45, 7) is 3.21. The first-order valence-corrected chi connectivity index (χ1v) is 5.31. The maximum absolute atomic E-state index is 11.4. The fourth-order valence-corrected chi connectivity index (χ4v) is 1.31. The first kappa shape index (κ1) is 13.1. The Balaban J connectivity index is 2.33. The molecule has 1 unspecified atom stereocenters. The first-order chi connectivity index (χ1) is 7.99. The van der Waals surface area contributed by atoms with E-state index in [9.17, 15) is 9.59 Å². The summed E-state index contributed by atoms with van der Waals surface area (Å²) in [5.41, 5.74) is 0. The maximum atomic E-state index is 11.4. The van der Waals surface area contributed by atoms with Gasteiger partial charge < -0.3 is 20.2 Å². The SMILES string of the molecule is CC(Cc1ccco1)NC(=O)N[C@H](C)C(=O)O. The molecule has 1 aromatic rings. The quantitative estimate of drug-likeness (QED) is 0.715. The third-order valence-electron chi connectivity index (χ3n) is 2.18. The molecule has 2 amide bonds. The van der Waals surface area contributed by atoms with Gasteiger partial charge in [-0.2, -0.15) is 0 Å². The van der Waals surface area contributed by atoms with E-state index in [1.165, 1.54) is 6.92 Å². The van der Waals surface area contributed by atoms with Crippen molar-refractivity contribution in [3.63, 3.8) is 0 Å². The van der Waals surface area contributed by atoms with Crippen LogP contribution in [0.25, 0.3) is 0 Å². The smallest absolute Gasteiger partial charge is 0.325 e. The van der Waals surface area contributed by atoms with Crippen LogP contribution in [0.3, 0.4) is 0 Å². The lowest BCUT2D eigenvalue weighted by molar-refractivity contribution is -0.138. The molecule has 1 aromatic heterocycles. The molecule has 6 heteroatoms. The molecule has 1 rings (SSSR count). The van der Waals surface area contributed by atoms with Crippen LogP contribution < -0.4 is 10.6 Å². The zero-order chi connectivity index (χ0) is 12.8. The van der Waals surface area contributed by atoms with Gasteiger partial charge in [0.2, 0.25) is 0 Å². The molecule has 0 aromatic carbocycles. The molecular formula is C11H16N2O4. The number of hydrogen-bond acceptors (Lipinski definition) is 3. The number of carbonyl (C=O) groups is 2. The van der Waals surface area contributed by atoms with Crippen molar-refractivity contribution in [2.75, 3.05) is 0 Å². The average molecular weight is 240 g/mol. The normalized spacial score (nSPS) is 13.8. The van der Waals surface area contributed by atoms with Gasteiger partial charge in [0, 0.05) is 12.5 Å². The number of carboxylic acid groups (broad SMARTS) is 1. The summed E-state index contributed by atoms with van der Waals surface area (Å²) >= 11 is 0. The van der Waals surface area contributed by atoms with Crippen LogP contribution in [0.5, 0.6) is 0 Å². The Morgan fingerprint density at radius 2 is 2.12 bits per heavy atom. The van der Waals surface area contributed by atoms with Gasteiger partial charge in [-0.1, -0.05) is 0 Å². The van der Waals surface area contributed by atoms with Crippen molar-refractivity contribution in [3.8, 4) is 0 Å². The molecule has 0 bridgehead atoms. The van der Waals surface area contributed by atoms with Crippen molar-refractivity contribution in [3.05, 3.63) is 24.2 Å². The lowest BCUT2D eigenvalue weighted by atomic mass is 10.2. The second-order valence-corrected chi connectivity index (χ2v) is 3.86.